The summed E-state index contributed by atoms with van der Waals surface area (Å²) in [6.07, 6.45) is -4.54. The van der Waals surface area contributed by atoms with Crippen molar-refractivity contribution < 1.29 is 22.7 Å². The molecule has 0 saturated carbocycles. The summed E-state index contributed by atoms with van der Waals surface area (Å²) in [5.41, 5.74) is 2.75. The van der Waals surface area contributed by atoms with Gasteiger partial charge in [0.05, 0.1) is 0 Å². The van der Waals surface area contributed by atoms with Crippen molar-refractivity contribution in [1.82, 2.24) is 0 Å². The van der Waals surface area contributed by atoms with Crippen LogP contribution in [0.5, 0.6) is 0 Å². The molecule has 1 rings (SSSR count). The first-order valence-electron chi connectivity index (χ1n) is 4.99. The van der Waals surface area contributed by atoms with Crippen molar-refractivity contribution in [2.45, 2.75) is 18.7 Å². The van der Waals surface area contributed by atoms with Crippen LogP contribution in [0.3, 0.4) is 0 Å². The number of carbonyl (C=O) groups excluding carboxylic acids is 1. The van der Waals surface area contributed by atoms with E-state index in [1.807, 2.05) is 0 Å². The molecule has 0 aliphatic heterocycles. The lowest BCUT2D eigenvalue weighted by Crippen LogP contribution is -2.41. The maximum atomic E-state index is 12.9. The predicted octanol–water partition coefficient (Wildman–Crippen LogP) is 2.60. The number of halogens is 3. The molecule has 0 aliphatic carbocycles. The summed E-state index contributed by atoms with van der Waals surface area (Å²) in [6.45, 7) is 0.934. The van der Waals surface area contributed by atoms with Crippen molar-refractivity contribution >= 4 is 11.7 Å². The lowest BCUT2D eigenvalue weighted by Gasteiger charge is -2.31. The first-order valence-corrected chi connectivity index (χ1v) is 4.99. The maximum Gasteiger partial charge on any atom is 0.421 e. The summed E-state index contributed by atoms with van der Waals surface area (Å²) >= 11 is 0. The largest absolute Gasteiger partial charge is 0.421 e. The summed E-state index contributed by atoms with van der Waals surface area (Å²) < 4.78 is 43.2. The molecule has 18 heavy (non-hydrogen) atoms. The summed E-state index contributed by atoms with van der Waals surface area (Å²) in [4.78, 5) is 10.6. The van der Waals surface area contributed by atoms with E-state index in [1.165, 1.54) is 24.3 Å². The molecular formula is C11H13F3N2O2. The third-order valence-corrected chi connectivity index (χ3v) is 2.65. The quantitative estimate of drug-likeness (QED) is 0.879. The minimum atomic E-state index is -4.54. The molecule has 0 heterocycles. The Morgan fingerprint density at radius 2 is 1.78 bits per heavy atom. The van der Waals surface area contributed by atoms with Gasteiger partial charge in [0.25, 0.3) is 0 Å². The molecule has 3 N–H and O–H groups in total. The van der Waals surface area contributed by atoms with Gasteiger partial charge in [-0.15, -0.1) is 0 Å². The third-order valence-electron chi connectivity index (χ3n) is 2.65. The van der Waals surface area contributed by atoms with E-state index in [2.05, 4.69) is 10.1 Å². The van der Waals surface area contributed by atoms with E-state index < -0.39 is 17.8 Å². The molecule has 0 saturated heterocycles. The molecule has 0 spiro atoms. The van der Waals surface area contributed by atoms with E-state index in [-0.39, 0.29) is 5.56 Å². The van der Waals surface area contributed by atoms with Crippen LogP contribution in [0.25, 0.3) is 0 Å². The number of benzene rings is 1. The van der Waals surface area contributed by atoms with Crippen LogP contribution in [0.1, 0.15) is 12.5 Å². The van der Waals surface area contributed by atoms with Crippen LogP contribution < -0.4 is 11.1 Å². The van der Waals surface area contributed by atoms with Crippen molar-refractivity contribution in [3.05, 3.63) is 29.8 Å². The first kappa shape index (κ1) is 14.3. The second-order valence-electron chi connectivity index (χ2n) is 3.80. The van der Waals surface area contributed by atoms with Gasteiger partial charge in [-0.3, -0.25) is 0 Å². The number of urea groups is 1. The van der Waals surface area contributed by atoms with Gasteiger partial charge in [0.15, 0.2) is 5.60 Å². The number of nitrogens with two attached hydrogens (primary N) is 1. The Kier molecular flexibility index (Phi) is 3.85. The van der Waals surface area contributed by atoms with E-state index in [0.29, 0.717) is 5.69 Å². The van der Waals surface area contributed by atoms with Gasteiger partial charge in [0.1, 0.15) is 0 Å². The van der Waals surface area contributed by atoms with Crippen LogP contribution in [0.15, 0.2) is 24.3 Å². The number of hydrogen-bond acceptors (Lipinski definition) is 2. The molecule has 1 unspecified atom stereocenters. The molecule has 1 atom stereocenters. The molecule has 1 aromatic carbocycles. The SMILES string of the molecule is COC(C)(c1ccc(NC(N)=O)cc1)C(F)(F)F. The Hall–Kier alpha value is -1.76. The molecule has 4 nitrogen and oxygen atoms in total. The van der Waals surface area contributed by atoms with Crippen molar-refractivity contribution in [2.24, 2.45) is 5.73 Å². The molecule has 100 valence electrons. The number of carbonyl (C=O) groups is 1. The standard InChI is InChI=1S/C11H13F3N2O2/c1-10(18-2,11(12,13)14)7-3-5-8(6-4-7)16-9(15)17/h3-6H,1-2H3,(H3,15,16,17). The van der Waals surface area contributed by atoms with Crippen molar-refractivity contribution in [3.63, 3.8) is 0 Å². The molecule has 1 aromatic rings. The van der Waals surface area contributed by atoms with E-state index in [4.69, 9.17) is 5.73 Å². The van der Waals surface area contributed by atoms with Crippen LogP contribution in [0.4, 0.5) is 23.7 Å². The average Bonchev–Trinajstić information content (AvgIpc) is 2.26. The molecule has 2 amide bonds. The number of anilines is 1. The lowest BCUT2D eigenvalue weighted by atomic mass is 9.95. The normalized spacial score (nSPS) is 14.9. The molecular weight excluding hydrogens is 249 g/mol. The second-order valence-corrected chi connectivity index (χ2v) is 3.80. The first-order chi connectivity index (χ1) is 8.20. The lowest BCUT2D eigenvalue weighted by molar-refractivity contribution is -0.269. The Morgan fingerprint density at radius 3 is 2.11 bits per heavy atom. The number of alkyl halides is 3. The summed E-state index contributed by atoms with van der Waals surface area (Å²) in [5.74, 6) is 0. The number of hydrogen-bond donors (Lipinski definition) is 2. The summed E-state index contributed by atoms with van der Waals surface area (Å²) in [7, 11) is 0.989. The molecule has 0 radical (unpaired) electrons. The van der Waals surface area contributed by atoms with Crippen molar-refractivity contribution in [1.29, 1.82) is 0 Å². The smallest absolute Gasteiger partial charge is 0.364 e. The van der Waals surface area contributed by atoms with Gasteiger partial charge in [0, 0.05) is 12.8 Å². The second kappa shape index (κ2) is 4.85. The highest BCUT2D eigenvalue weighted by Crippen LogP contribution is 2.41. The topological polar surface area (TPSA) is 64.3 Å². The third kappa shape index (κ3) is 2.73. The fourth-order valence-electron chi connectivity index (χ4n) is 1.41. The van der Waals surface area contributed by atoms with Gasteiger partial charge in [-0.25, -0.2) is 4.79 Å². The minimum Gasteiger partial charge on any atom is -0.364 e. The molecule has 0 fully saturated rings. The van der Waals surface area contributed by atoms with Gasteiger partial charge in [0.2, 0.25) is 0 Å². The van der Waals surface area contributed by atoms with Crippen molar-refractivity contribution in [3.8, 4) is 0 Å². The highest BCUT2D eigenvalue weighted by atomic mass is 19.4. The fraction of sp³-hybridized carbons (Fsp3) is 0.364. The maximum absolute atomic E-state index is 12.9. The summed E-state index contributed by atoms with van der Waals surface area (Å²) in [6, 6.07) is 4.31. The van der Waals surface area contributed by atoms with Crippen LogP contribution in [-0.2, 0) is 10.3 Å². The van der Waals surface area contributed by atoms with Gasteiger partial charge in [-0.1, -0.05) is 12.1 Å². The average molecular weight is 262 g/mol. The van der Waals surface area contributed by atoms with E-state index in [1.54, 1.807) is 0 Å². The number of methoxy groups -OCH3 is 1. The van der Waals surface area contributed by atoms with Gasteiger partial charge in [-0.2, -0.15) is 13.2 Å². The number of amides is 2. The zero-order valence-corrected chi connectivity index (χ0v) is 9.84. The van der Waals surface area contributed by atoms with Crippen LogP contribution in [-0.4, -0.2) is 19.3 Å². The Morgan fingerprint density at radius 1 is 1.28 bits per heavy atom. The molecule has 0 bridgehead atoms. The Labute approximate surface area is 102 Å². The summed E-state index contributed by atoms with van der Waals surface area (Å²) in [5, 5.41) is 2.26. The van der Waals surface area contributed by atoms with E-state index in [9.17, 15) is 18.0 Å². The van der Waals surface area contributed by atoms with E-state index >= 15 is 0 Å². The zero-order valence-electron chi connectivity index (χ0n) is 9.84. The molecule has 0 aromatic heterocycles. The highest BCUT2D eigenvalue weighted by Gasteiger charge is 2.52. The van der Waals surface area contributed by atoms with Gasteiger partial charge in [-0.05, 0) is 24.6 Å². The fourth-order valence-corrected chi connectivity index (χ4v) is 1.41. The molecule has 7 heteroatoms. The Balaban J connectivity index is 3.06. The zero-order chi connectivity index (χ0) is 14.0. The number of ether oxygens (including phenoxy) is 1. The van der Waals surface area contributed by atoms with E-state index in [0.717, 1.165) is 14.0 Å². The van der Waals surface area contributed by atoms with Crippen molar-refractivity contribution in [2.75, 3.05) is 12.4 Å². The highest BCUT2D eigenvalue weighted by molar-refractivity contribution is 5.87. The van der Waals surface area contributed by atoms with Gasteiger partial charge < -0.3 is 15.8 Å². The minimum absolute atomic E-state index is 0.0625. The van der Waals surface area contributed by atoms with Crippen LogP contribution >= 0.6 is 0 Å². The number of rotatable bonds is 3. The monoisotopic (exact) mass is 262 g/mol. The molecule has 0 aliphatic rings. The number of primary amides is 1. The van der Waals surface area contributed by atoms with Crippen LogP contribution in [0.2, 0.25) is 0 Å². The van der Waals surface area contributed by atoms with Gasteiger partial charge >= 0.3 is 12.2 Å². The van der Waals surface area contributed by atoms with Crippen LogP contribution in [0, 0.1) is 0 Å². The Bertz CT molecular complexity index is 431. The number of nitrogens with one attached hydrogen (secondary N) is 1. The predicted molar refractivity (Wildman–Crippen MR) is 60.1 cm³/mol.